The van der Waals surface area contributed by atoms with Crippen LogP contribution in [-0.4, -0.2) is 9.97 Å². The zero-order chi connectivity index (χ0) is 28.1. The largest absolute Gasteiger partial charge is 0.309 e. The molecule has 0 radical (unpaired) electrons. The van der Waals surface area contributed by atoms with Crippen molar-refractivity contribution in [2.24, 2.45) is 0 Å². The Hall–Kier alpha value is -5.11. The molecule has 8 aromatic rings. The van der Waals surface area contributed by atoms with Gasteiger partial charge >= 0.3 is 0 Å². The summed E-state index contributed by atoms with van der Waals surface area (Å²) in [5.41, 5.74) is 3.67. The van der Waals surface area contributed by atoms with Gasteiger partial charge in [0.2, 0.25) is 0 Å². The Morgan fingerprint density at radius 1 is 0.452 bits per heavy atom. The highest BCUT2D eigenvalue weighted by Crippen LogP contribution is 2.49. The third-order valence-corrected chi connectivity index (χ3v) is 11.3. The Kier molecular flexibility index (Phi) is 5.73. The summed E-state index contributed by atoms with van der Waals surface area (Å²) in [4.78, 5) is 9.93. The first-order valence-corrected chi connectivity index (χ1v) is 15.7. The smallest absolute Gasteiger partial charge is 0.172 e. The molecule has 4 heteroatoms. The molecule has 0 aliphatic rings. The molecule has 0 amide bonds. The van der Waals surface area contributed by atoms with Crippen LogP contribution < -0.4 is 15.9 Å². The fraction of sp³-hybridized carbons (Fsp3) is 0. The van der Waals surface area contributed by atoms with Gasteiger partial charge in [-0.15, -0.1) is 0 Å². The molecule has 0 N–H and O–H groups in total. The van der Waals surface area contributed by atoms with Crippen LogP contribution in [0.1, 0.15) is 0 Å². The second-order valence-electron chi connectivity index (χ2n) is 10.5. The van der Waals surface area contributed by atoms with Crippen LogP contribution in [0.4, 0.5) is 0 Å². The lowest BCUT2D eigenvalue weighted by atomic mass is 9.94. The van der Waals surface area contributed by atoms with Crippen molar-refractivity contribution in [2.75, 3.05) is 0 Å². The molecule has 0 saturated carbocycles. The highest BCUT2D eigenvalue weighted by Gasteiger charge is 2.34. The van der Waals surface area contributed by atoms with Crippen molar-refractivity contribution in [2.45, 2.75) is 0 Å². The van der Waals surface area contributed by atoms with E-state index in [9.17, 15) is 0 Å². The molecule has 2 aromatic heterocycles. The van der Waals surface area contributed by atoms with Gasteiger partial charge < -0.3 is 4.57 Å². The van der Waals surface area contributed by atoms with Crippen molar-refractivity contribution >= 4 is 66.4 Å². The number of hydrogen-bond acceptors (Lipinski definition) is 3. The van der Waals surface area contributed by atoms with Gasteiger partial charge in [-0.3, -0.25) is 4.98 Å². The second-order valence-corrected chi connectivity index (χ2v) is 13.2. The lowest BCUT2D eigenvalue weighted by Crippen LogP contribution is -2.26. The molecule has 0 fully saturated rings. The van der Waals surface area contributed by atoms with E-state index in [0.29, 0.717) is 0 Å². The molecule has 3 nitrogen and oxygen atoms in total. The van der Waals surface area contributed by atoms with E-state index in [1.807, 2.05) is 85.1 Å². The average molecular weight is 557 g/mol. The Balaban J connectivity index is 1.52. The van der Waals surface area contributed by atoms with Crippen LogP contribution in [0.5, 0.6) is 0 Å². The number of rotatable bonds is 4. The van der Waals surface area contributed by atoms with Gasteiger partial charge in [0.1, 0.15) is 0 Å². The molecular weight excluding hydrogens is 531 g/mol. The number of hydrogen-bond donors (Lipinski definition) is 0. The van der Waals surface area contributed by atoms with Crippen LogP contribution in [0.3, 0.4) is 0 Å². The zero-order valence-electron chi connectivity index (χ0n) is 22.7. The van der Waals surface area contributed by atoms with Crippen molar-refractivity contribution in [3.8, 4) is 11.3 Å². The Bertz CT molecular complexity index is 2230. The van der Waals surface area contributed by atoms with Crippen LogP contribution in [0.2, 0.25) is 0 Å². The maximum absolute atomic E-state index is 15.8. The molecule has 0 aliphatic carbocycles. The predicted octanol–water partition coefficient (Wildman–Crippen LogP) is 8.40. The third kappa shape index (κ3) is 3.71. The normalized spacial score (nSPS) is 11.9. The summed E-state index contributed by atoms with van der Waals surface area (Å²) < 4.78 is 15.8. The number of benzene rings is 6. The molecule has 0 saturated heterocycles. The Labute approximate surface area is 243 Å². The first-order valence-electron chi connectivity index (χ1n) is 14.0. The quantitative estimate of drug-likeness (QED) is 0.124. The van der Waals surface area contributed by atoms with E-state index in [0.717, 1.165) is 70.5 Å². The first kappa shape index (κ1) is 24.7. The van der Waals surface area contributed by atoms with Gasteiger partial charge in [-0.05, 0) is 33.7 Å². The standard InChI is InChI=1S/C38H25N2OP/c41-42(28-13-3-1-4-14-28,29-15-5-2-6-16-29)38-32-19-9-7-17-30(32)35(31-18-8-10-20-33(31)38)34-24-23-27-22-21-26-12-11-25-39-36(26)37(27)40-34/h1-25H. The molecule has 0 spiro atoms. The van der Waals surface area contributed by atoms with Crippen molar-refractivity contribution in [1.29, 1.82) is 0 Å². The lowest BCUT2D eigenvalue weighted by Gasteiger charge is -2.25. The number of pyridine rings is 2. The predicted molar refractivity (Wildman–Crippen MR) is 177 cm³/mol. The maximum atomic E-state index is 15.8. The minimum absolute atomic E-state index is 0.820. The summed E-state index contributed by atoms with van der Waals surface area (Å²) in [7, 11) is -3.28. The summed E-state index contributed by atoms with van der Waals surface area (Å²) >= 11 is 0. The third-order valence-electron chi connectivity index (χ3n) is 8.15. The summed E-state index contributed by atoms with van der Waals surface area (Å²) in [6, 6.07) is 48.9. The Morgan fingerprint density at radius 2 is 0.952 bits per heavy atom. The summed E-state index contributed by atoms with van der Waals surface area (Å²) in [6.07, 6.45) is 1.82. The monoisotopic (exact) mass is 556 g/mol. The second kappa shape index (κ2) is 9.76. The van der Waals surface area contributed by atoms with E-state index in [1.165, 1.54) is 0 Å². The summed E-state index contributed by atoms with van der Waals surface area (Å²) in [5, 5.41) is 8.61. The number of aromatic nitrogens is 2. The molecule has 198 valence electrons. The van der Waals surface area contributed by atoms with Gasteiger partial charge in [-0.25, -0.2) is 4.98 Å². The fourth-order valence-electron chi connectivity index (χ4n) is 6.27. The average Bonchev–Trinajstić information content (AvgIpc) is 3.07. The minimum Gasteiger partial charge on any atom is -0.309 e. The molecule has 0 bridgehead atoms. The van der Waals surface area contributed by atoms with Crippen LogP contribution in [0.15, 0.2) is 152 Å². The van der Waals surface area contributed by atoms with Gasteiger partial charge in [0.05, 0.1) is 16.7 Å². The van der Waals surface area contributed by atoms with Crippen molar-refractivity contribution in [3.05, 3.63) is 152 Å². The SMILES string of the molecule is O=P(c1ccccc1)(c1ccccc1)c1c2ccccc2c(-c2ccc3ccc4cccnc4c3n2)c2ccccc12. The molecule has 0 atom stereocenters. The van der Waals surface area contributed by atoms with Crippen LogP contribution in [0, 0.1) is 0 Å². The molecule has 0 aliphatic heterocycles. The number of nitrogens with zero attached hydrogens (tertiary/aromatic N) is 2. The van der Waals surface area contributed by atoms with E-state index in [4.69, 9.17) is 4.98 Å². The molecule has 8 rings (SSSR count). The van der Waals surface area contributed by atoms with Crippen molar-refractivity contribution in [3.63, 3.8) is 0 Å². The molecule has 42 heavy (non-hydrogen) atoms. The van der Waals surface area contributed by atoms with E-state index in [-0.39, 0.29) is 0 Å². The summed E-state index contributed by atoms with van der Waals surface area (Å²) in [5.74, 6) is 0. The zero-order valence-corrected chi connectivity index (χ0v) is 23.6. The fourth-order valence-corrected chi connectivity index (χ4v) is 9.33. The van der Waals surface area contributed by atoms with Crippen molar-refractivity contribution in [1.82, 2.24) is 9.97 Å². The Morgan fingerprint density at radius 3 is 1.55 bits per heavy atom. The molecule has 2 heterocycles. The van der Waals surface area contributed by atoms with Crippen molar-refractivity contribution < 1.29 is 4.57 Å². The van der Waals surface area contributed by atoms with E-state index in [2.05, 4.69) is 71.7 Å². The van der Waals surface area contributed by atoms with E-state index < -0.39 is 7.14 Å². The lowest BCUT2D eigenvalue weighted by molar-refractivity contribution is 0.593. The van der Waals surface area contributed by atoms with Crippen LogP contribution in [-0.2, 0) is 4.57 Å². The summed E-state index contributed by atoms with van der Waals surface area (Å²) in [6.45, 7) is 0. The first-order chi connectivity index (χ1) is 20.7. The molecule has 0 unspecified atom stereocenters. The molecule has 6 aromatic carbocycles. The molecular formula is C38H25N2OP. The van der Waals surface area contributed by atoms with Gasteiger partial charge in [0.25, 0.3) is 0 Å². The van der Waals surface area contributed by atoms with E-state index in [1.54, 1.807) is 0 Å². The van der Waals surface area contributed by atoms with E-state index >= 15 is 4.57 Å². The van der Waals surface area contributed by atoms with Gasteiger partial charge in [0.15, 0.2) is 7.14 Å². The number of fused-ring (bicyclic) bond motifs is 5. The van der Waals surface area contributed by atoms with Crippen LogP contribution in [0.25, 0.3) is 54.6 Å². The maximum Gasteiger partial charge on any atom is 0.172 e. The highest BCUT2D eigenvalue weighted by atomic mass is 31.2. The van der Waals surface area contributed by atoms with Gasteiger partial charge in [0, 0.05) is 38.4 Å². The highest BCUT2D eigenvalue weighted by molar-refractivity contribution is 7.86. The van der Waals surface area contributed by atoms with Crippen LogP contribution >= 0.6 is 7.14 Å². The van der Waals surface area contributed by atoms with Gasteiger partial charge in [-0.2, -0.15) is 0 Å². The van der Waals surface area contributed by atoms with Gasteiger partial charge in [-0.1, -0.05) is 133 Å². The topological polar surface area (TPSA) is 42.9 Å². The minimum atomic E-state index is -3.28.